The van der Waals surface area contributed by atoms with Crippen molar-refractivity contribution in [2.24, 2.45) is 0 Å². The second-order valence-corrected chi connectivity index (χ2v) is 18.6. The molecule has 0 rings (SSSR count). The molecular formula is C58H107NO3. The number of amides is 1. The number of hydrogen-bond donors (Lipinski definition) is 3. The molecule has 0 aromatic heterocycles. The van der Waals surface area contributed by atoms with E-state index in [0.717, 1.165) is 51.4 Å². The van der Waals surface area contributed by atoms with E-state index in [4.69, 9.17) is 0 Å². The average molecular weight is 866 g/mol. The van der Waals surface area contributed by atoms with Gasteiger partial charge in [0.05, 0.1) is 18.8 Å². The van der Waals surface area contributed by atoms with E-state index in [0.29, 0.717) is 6.42 Å². The van der Waals surface area contributed by atoms with Gasteiger partial charge in [-0.25, -0.2) is 0 Å². The van der Waals surface area contributed by atoms with E-state index >= 15 is 0 Å². The van der Waals surface area contributed by atoms with E-state index in [-0.39, 0.29) is 12.5 Å². The zero-order chi connectivity index (χ0) is 44.9. The molecule has 0 fully saturated rings. The maximum Gasteiger partial charge on any atom is 0.220 e. The van der Waals surface area contributed by atoms with E-state index in [1.807, 2.05) is 6.08 Å². The smallest absolute Gasteiger partial charge is 0.220 e. The van der Waals surface area contributed by atoms with Crippen molar-refractivity contribution in [3.8, 4) is 0 Å². The molecule has 0 aliphatic rings. The molecule has 2 unspecified atom stereocenters. The van der Waals surface area contributed by atoms with Crippen molar-refractivity contribution in [3.63, 3.8) is 0 Å². The first-order chi connectivity index (χ1) is 30.7. The Balaban J connectivity index is 3.50. The maximum absolute atomic E-state index is 12.5. The van der Waals surface area contributed by atoms with E-state index in [9.17, 15) is 15.0 Å². The molecule has 1 amide bonds. The summed E-state index contributed by atoms with van der Waals surface area (Å²) in [6.45, 7) is 4.22. The first-order valence-corrected chi connectivity index (χ1v) is 27.5. The van der Waals surface area contributed by atoms with Gasteiger partial charge in [-0.15, -0.1) is 0 Å². The van der Waals surface area contributed by atoms with Crippen LogP contribution in [0.2, 0.25) is 0 Å². The molecule has 0 saturated heterocycles. The molecule has 0 bridgehead atoms. The molecule has 0 saturated carbocycles. The fraction of sp³-hybridized carbons (Fsp3) is 0.810. The van der Waals surface area contributed by atoms with Crippen molar-refractivity contribution < 1.29 is 15.0 Å². The van der Waals surface area contributed by atoms with Crippen LogP contribution in [0.1, 0.15) is 284 Å². The topological polar surface area (TPSA) is 69.6 Å². The first kappa shape index (κ1) is 60.1. The fourth-order valence-electron chi connectivity index (χ4n) is 8.35. The SMILES string of the molecule is CC/C=C\C/C=C\C/C=C\C/C=C\CCCCCCCCCCCCCCCCC(=O)NC(CO)C(O)/C=C/CCCCCCCCCCCCCCCCCCCCCCC. The number of carbonyl (C=O) groups excluding carboxylic acids is 1. The van der Waals surface area contributed by atoms with Crippen molar-refractivity contribution in [1.29, 1.82) is 0 Å². The largest absolute Gasteiger partial charge is 0.394 e. The molecule has 0 aliphatic heterocycles. The van der Waals surface area contributed by atoms with Gasteiger partial charge < -0.3 is 15.5 Å². The Bertz CT molecular complexity index is 1030. The van der Waals surface area contributed by atoms with Crippen LogP contribution in [0.4, 0.5) is 0 Å². The van der Waals surface area contributed by atoms with E-state index in [2.05, 4.69) is 67.8 Å². The van der Waals surface area contributed by atoms with Crippen LogP contribution in [0.25, 0.3) is 0 Å². The van der Waals surface area contributed by atoms with Crippen LogP contribution in [-0.2, 0) is 4.79 Å². The highest BCUT2D eigenvalue weighted by Gasteiger charge is 2.18. The second-order valence-electron chi connectivity index (χ2n) is 18.6. The predicted octanol–water partition coefficient (Wildman–Crippen LogP) is 18.0. The number of allylic oxidation sites excluding steroid dienone is 9. The molecule has 2 atom stereocenters. The van der Waals surface area contributed by atoms with E-state index < -0.39 is 12.1 Å². The molecule has 0 aromatic carbocycles. The third kappa shape index (κ3) is 49.1. The van der Waals surface area contributed by atoms with Gasteiger partial charge in [0, 0.05) is 6.42 Å². The van der Waals surface area contributed by atoms with Crippen molar-refractivity contribution in [2.45, 2.75) is 296 Å². The zero-order valence-electron chi connectivity index (χ0n) is 41.6. The molecule has 0 heterocycles. The lowest BCUT2D eigenvalue weighted by atomic mass is 10.0. The number of aliphatic hydroxyl groups is 2. The van der Waals surface area contributed by atoms with Crippen molar-refractivity contribution >= 4 is 5.91 Å². The molecule has 4 nitrogen and oxygen atoms in total. The molecule has 0 aliphatic carbocycles. The molecular weight excluding hydrogens is 759 g/mol. The van der Waals surface area contributed by atoms with Crippen molar-refractivity contribution in [2.75, 3.05) is 6.61 Å². The van der Waals surface area contributed by atoms with Gasteiger partial charge in [-0.05, 0) is 57.8 Å². The Morgan fingerprint density at radius 3 is 1.06 bits per heavy atom. The number of carbonyl (C=O) groups is 1. The van der Waals surface area contributed by atoms with E-state index in [1.165, 1.54) is 212 Å². The summed E-state index contributed by atoms with van der Waals surface area (Å²) in [5, 5.41) is 23.2. The molecule has 4 heteroatoms. The molecule has 62 heavy (non-hydrogen) atoms. The summed E-state index contributed by atoms with van der Waals surface area (Å²) >= 11 is 0. The highest BCUT2D eigenvalue weighted by Crippen LogP contribution is 2.17. The van der Waals surface area contributed by atoms with Gasteiger partial charge in [0.2, 0.25) is 5.91 Å². The Morgan fingerprint density at radius 1 is 0.403 bits per heavy atom. The lowest BCUT2D eigenvalue weighted by Crippen LogP contribution is -2.45. The molecule has 0 radical (unpaired) electrons. The number of hydrogen-bond acceptors (Lipinski definition) is 3. The maximum atomic E-state index is 12.5. The summed E-state index contributed by atoms with van der Waals surface area (Å²) in [4.78, 5) is 12.5. The standard InChI is InChI=1S/C58H107NO3/c1-3-5-7-9-11-13-15-17-19-21-23-25-27-28-29-30-32-34-36-38-40-42-44-46-48-50-52-54-58(62)59-56(55-60)57(61)53-51-49-47-45-43-41-39-37-35-33-31-26-24-22-20-18-16-14-12-10-8-6-4-2/h5,7,11,13,17,19,23,25,51,53,56-57,60-61H,3-4,6,8-10,12,14-16,18,20-22,24,26-50,52,54-55H2,1-2H3,(H,59,62)/b7-5-,13-11-,19-17-,25-23-,53-51+. The van der Waals surface area contributed by atoms with Crippen LogP contribution in [0.3, 0.4) is 0 Å². The quantitative estimate of drug-likeness (QED) is 0.0421. The summed E-state index contributed by atoms with van der Waals surface area (Å²) < 4.78 is 0. The summed E-state index contributed by atoms with van der Waals surface area (Å²) in [7, 11) is 0. The Morgan fingerprint density at radius 2 is 0.710 bits per heavy atom. The van der Waals surface area contributed by atoms with Gasteiger partial charge in [0.15, 0.2) is 0 Å². The summed E-state index contributed by atoms with van der Waals surface area (Å²) in [5.41, 5.74) is 0. The Labute approximate surface area is 387 Å². The monoisotopic (exact) mass is 866 g/mol. The normalized spacial score (nSPS) is 13.3. The van der Waals surface area contributed by atoms with Crippen molar-refractivity contribution in [3.05, 3.63) is 60.8 Å². The first-order valence-electron chi connectivity index (χ1n) is 27.5. The average Bonchev–Trinajstić information content (AvgIpc) is 3.28. The highest BCUT2D eigenvalue weighted by molar-refractivity contribution is 5.76. The van der Waals surface area contributed by atoms with Crippen LogP contribution in [0, 0.1) is 0 Å². The van der Waals surface area contributed by atoms with Gasteiger partial charge in [-0.3, -0.25) is 4.79 Å². The van der Waals surface area contributed by atoms with Crippen LogP contribution in [0.5, 0.6) is 0 Å². The second kappa shape index (κ2) is 53.4. The summed E-state index contributed by atoms with van der Waals surface area (Å²) in [5.74, 6) is -0.0632. The molecule has 3 N–H and O–H groups in total. The summed E-state index contributed by atoms with van der Waals surface area (Å²) in [6, 6.07) is -0.625. The van der Waals surface area contributed by atoms with Gasteiger partial charge in [-0.2, -0.15) is 0 Å². The lowest BCUT2D eigenvalue weighted by Gasteiger charge is -2.20. The predicted molar refractivity (Wildman–Crippen MR) is 276 cm³/mol. The molecule has 0 spiro atoms. The van der Waals surface area contributed by atoms with Gasteiger partial charge in [0.1, 0.15) is 0 Å². The Kier molecular flexibility index (Phi) is 51.8. The molecule has 362 valence electrons. The van der Waals surface area contributed by atoms with Gasteiger partial charge >= 0.3 is 0 Å². The molecule has 0 aromatic rings. The number of rotatable bonds is 50. The highest BCUT2D eigenvalue weighted by atomic mass is 16.3. The third-order valence-corrected chi connectivity index (χ3v) is 12.5. The van der Waals surface area contributed by atoms with Crippen LogP contribution >= 0.6 is 0 Å². The summed E-state index contributed by atoms with van der Waals surface area (Å²) in [6.07, 6.45) is 75.2. The zero-order valence-corrected chi connectivity index (χ0v) is 41.6. The fourth-order valence-corrected chi connectivity index (χ4v) is 8.35. The lowest BCUT2D eigenvalue weighted by molar-refractivity contribution is -0.123. The van der Waals surface area contributed by atoms with Gasteiger partial charge in [0.25, 0.3) is 0 Å². The third-order valence-electron chi connectivity index (χ3n) is 12.5. The number of nitrogens with one attached hydrogen (secondary N) is 1. The number of unbranched alkanes of at least 4 members (excludes halogenated alkanes) is 35. The van der Waals surface area contributed by atoms with Crippen LogP contribution in [0.15, 0.2) is 60.8 Å². The van der Waals surface area contributed by atoms with E-state index in [1.54, 1.807) is 6.08 Å². The Hall–Kier alpha value is -1.91. The van der Waals surface area contributed by atoms with Gasteiger partial charge in [-0.1, -0.05) is 280 Å². The van der Waals surface area contributed by atoms with Crippen LogP contribution in [-0.4, -0.2) is 34.9 Å². The minimum absolute atomic E-state index is 0.0632. The number of aliphatic hydroxyl groups excluding tert-OH is 2. The van der Waals surface area contributed by atoms with Crippen LogP contribution < -0.4 is 5.32 Å². The minimum atomic E-state index is -0.842. The van der Waals surface area contributed by atoms with Crippen molar-refractivity contribution in [1.82, 2.24) is 5.32 Å². The minimum Gasteiger partial charge on any atom is -0.394 e.